The number of ether oxygens (including phenoxy) is 2. The highest BCUT2D eigenvalue weighted by Gasteiger charge is 2.19. The second-order valence-corrected chi connectivity index (χ2v) is 8.69. The smallest absolute Gasteiger partial charge is 0.321 e. The van der Waals surface area contributed by atoms with E-state index in [1.54, 1.807) is 25.3 Å². The van der Waals surface area contributed by atoms with Gasteiger partial charge in [0.05, 0.1) is 7.11 Å². The van der Waals surface area contributed by atoms with Gasteiger partial charge < -0.3 is 24.9 Å². The largest absolute Gasteiger partial charge is 0.493 e. The minimum atomic E-state index is -0.906. The number of nitrogens with one attached hydrogen (secondary N) is 2. The summed E-state index contributed by atoms with van der Waals surface area (Å²) < 4.78 is 11.4. The highest BCUT2D eigenvalue weighted by atomic mass is 35.5. The molecule has 3 aromatic carbocycles. The van der Waals surface area contributed by atoms with Crippen molar-refractivity contribution in [3.8, 4) is 11.5 Å². The quantitative estimate of drug-likeness (QED) is 0.255. The maximum absolute atomic E-state index is 11.9. The van der Waals surface area contributed by atoms with E-state index in [0.717, 1.165) is 27.6 Å². The molecule has 1 aromatic heterocycles. The lowest BCUT2D eigenvalue weighted by Gasteiger charge is -2.16. The summed E-state index contributed by atoms with van der Waals surface area (Å²) in [5.74, 6) is 0.204. The maximum atomic E-state index is 11.9. The highest BCUT2D eigenvalue weighted by Crippen LogP contribution is 2.30. The Bertz CT molecular complexity index is 1310. The van der Waals surface area contributed by atoms with E-state index < -0.39 is 12.0 Å². The van der Waals surface area contributed by atoms with Gasteiger partial charge in [0.2, 0.25) is 0 Å². The van der Waals surface area contributed by atoms with Crippen molar-refractivity contribution in [2.24, 2.45) is 0 Å². The second-order valence-electron chi connectivity index (χ2n) is 7.84. The SMILES string of the molecule is COc1cc(CN[C@@H](Cc2c[nH]c3ccccc23)C(=O)O)ccc1OCc1ccc(Cl)cc1Cl. The first-order valence-corrected chi connectivity index (χ1v) is 11.4. The van der Waals surface area contributed by atoms with Gasteiger partial charge in [-0.2, -0.15) is 0 Å². The van der Waals surface area contributed by atoms with Crippen molar-refractivity contribution in [1.29, 1.82) is 0 Å². The average Bonchev–Trinajstić information content (AvgIpc) is 3.24. The van der Waals surface area contributed by atoms with Gasteiger partial charge in [-0.05, 0) is 41.5 Å². The van der Waals surface area contributed by atoms with Crippen LogP contribution in [0.2, 0.25) is 10.0 Å². The van der Waals surface area contributed by atoms with Crippen LogP contribution in [-0.4, -0.2) is 29.2 Å². The summed E-state index contributed by atoms with van der Waals surface area (Å²) in [6.07, 6.45) is 2.23. The Hall–Kier alpha value is -3.19. The van der Waals surface area contributed by atoms with Gasteiger partial charge in [0.25, 0.3) is 0 Å². The van der Waals surface area contributed by atoms with E-state index in [2.05, 4.69) is 10.3 Å². The predicted molar refractivity (Wildman–Crippen MR) is 134 cm³/mol. The number of hydrogen-bond acceptors (Lipinski definition) is 4. The zero-order valence-electron chi connectivity index (χ0n) is 18.5. The molecule has 0 aliphatic carbocycles. The minimum Gasteiger partial charge on any atom is -0.493 e. The molecule has 0 fully saturated rings. The standard InChI is InChI=1S/C26H24Cl2N2O4/c1-33-25-10-16(6-9-24(25)34-15-17-7-8-19(27)12-21(17)28)13-29-23(26(31)32)11-18-14-30-22-5-3-2-4-20(18)22/h2-10,12,14,23,29-30H,11,13,15H2,1H3,(H,31,32)/t23-/m0/s1. The van der Waals surface area contributed by atoms with Crippen LogP contribution in [0, 0.1) is 0 Å². The molecule has 1 atom stereocenters. The fourth-order valence-corrected chi connectivity index (χ4v) is 4.21. The van der Waals surface area contributed by atoms with Gasteiger partial charge in [-0.15, -0.1) is 0 Å². The van der Waals surface area contributed by atoms with Gasteiger partial charge in [-0.3, -0.25) is 4.79 Å². The maximum Gasteiger partial charge on any atom is 0.321 e. The van der Waals surface area contributed by atoms with Crippen LogP contribution in [0.4, 0.5) is 0 Å². The molecular formula is C26H24Cl2N2O4. The number of fused-ring (bicyclic) bond motifs is 1. The average molecular weight is 499 g/mol. The van der Waals surface area contributed by atoms with Crippen LogP contribution in [0.5, 0.6) is 11.5 Å². The lowest BCUT2D eigenvalue weighted by atomic mass is 10.0. The fourth-order valence-electron chi connectivity index (χ4n) is 3.74. The lowest BCUT2D eigenvalue weighted by Crippen LogP contribution is -2.38. The normalized spacial score (nSPS) is 12.0. The van der Waals surface area contributed by atoms with Gasteiger partial charge in [0, 0.05) is 45.7 Å². The van der Waals surface area contributed by atoms with Gasteiger partial charge in [-0.25, -0.2) is 0 Å². The Morgan fingerprint density at radius 2 is 1.88 bits per heavy atom. The van der Waals surface area contributed by atoms with Crippen LogP contribution in [-0.2, 0) is 24.4 Å². The molecule has 176 valence electrons. The third-order valence-corrected chi connectivity index (χ3v) is 6.16. The number of halogens is 2. The van der Waals surface area contributed by atoms with Crippen LogP contribution in [0.1, 0.15) is 16.7 Å². The zero-order valence-corrected chi connectivity index (χ0v) is 20.0. The Balaban J connectivity index is 1.41. The van der Waals surface area contributed by atoms with Gasteiger partial charge in [0.15, 0.2) is 11.5 Å². The number of carbonyl (C=O) groups is 1. The van der Waals surface area contributed by atoms with E-state index in [4.69, 9.17) is 32.7 Å². The van der Waals surface area contributed by atoms with E-state index in [-0.39, 0.29) is 6.61 Å². The van der Waals surface area contributed by atoms with E-state index in [0.29, 0.717) is 34.5 Å². The van der Waals surface area contributed by atoms with E-state index in [1.807, 2.05) is 48.7 Å². The fraction of sp³-hybridized carbons (Fsp3) is 0.192. The third-order valence-electron chi connectivity index (χ3n) is 5.58. The summed E-state index contributed by atoms with van der Waals surface area (Å²) in [7, 11) is 1.56. The van der Waals surface area contributed by atoms with Crippen molar-refractivity contribution in [2.45, 2.75) is 25.6 Å². The molecule has 0 spiro atoms. The molecule has 0 amide bonds. The van der Waals surface area contributed by atoms with Gasteiger partial charge in [0.1, 0.15) is 12.6 Å². The summed E-state index contributed by atoms with van der Waals surface area (Å²) in [4.78, 5) is 15.1. The van der Waals surface area contributed by atoms with Crippen molar-refractivity contribution < 1.29 is 19.4 Å². The van der Waals surface area contributed by atoms with Crippen molar-refractivity contribution in [3.63, 3.8) is 0 Å². The van der Waals surface area contributed by atoms with Crippen LogP contribution in [0.3, 0.4) is 0 Å². The number of aliphatic carboxylic acids is 1. The number of aromatic amines is 1. The second kappa shape index (κ2) is 10.8. The molecule has 0 radical (unpaired) electrons. The summed E-state index contributed by atoms with van der Waals surface area (Å²) in [5.41, 5.74) is 3.62. The molecule has 34 heavy (non-hydrogen) atoms. The van der Waals surface area contributed by atoms with Gasteiger partial charge >= 0.3 is 5.97 Å². The number of para-hydroxylation sites is 1. The van der Waals surface area contributed by atoms with Crippen molar-refractivity contribution in [1.82, 2.24) is 10.3 Å². The Morgan fingerprint density at radius 3 is 2.65 bits per heavy atom. The molecule has 0 saturated carbocycles. The number of benzene rings is 3. The first-order chi connectivity index (χ1) is 16.4. The molecule has 0 bridgehead atoms. The topological polar surface area (TPSA) is 83.6 Å². The number of carboxylic acids is 1. The number of hydrogen-bond donors (Lipinski definition) is 3. The number of aromatic nitrogens is 1. The molecular weight excluding hydrogens is 475 g/mol. The summed E-state index contributed by atoms with van der Waals surface area (Å²) in [6, 6.07) is 17.9. The first-order valence-electron chi connectivity index (χ1n) is 10.7. The third kappa shape index (κ3) is 5.65. The number of methoxy groups -OCH3 is 1. The highest BCUT2D eigenvalue weighted by molar-refractivity contribution is 6.35. The van der Waals surface area contributed by atoms with E-state index >= 15 is 0 Å². The van der Waals surface area contributed by atoms with Gasteiger partial charge in [-0.1, -0.05) is 53.5 Å². The van der Waals surface area contributed by atoms with Crippen LogP contribution in [0.25, 0.3) is 10.9 Å². The predicted octanol–water partition coefficient (Wildman–Crippen LogP) is 5.85. The van der Waals surface area contributed by atoms with Crippen molar-refractivity contribution >= 4 is 40.1 Å². The lowest BCUT2D eigenvalue weighted by molar-refractivity contribution is -0.139. The van der Waals surface area contributed by atoms with E-state index in [9.17, 15) is 9.90 Å². The van der Waals surface area contributed by atoms with Crippen molar-refractivity contribution in [3.05, 3.63) is 93.6 Å². The molecule has 3 N–H and O–H groups in total. The van der Waals surface area contributed by atoms with Crippen LogP contribution >= 0.6 is 23.2 Å². The first kappa shape index (κ1) is 24.0. The monoisotopic (exact) mass is 498 g/mol. The zero-order chi connectivity index (χ0) is 24.1. The van der Waals surface area contributed by atoms with Crippen LogP contribution < -0.4 is 14.8 Å². The number of carboxylic acid groups (broad SMARTS) is 1. The molecule has 4 aromatic rings. The Morgan fingerprint density at radius 1 is 1.06 bits per heavy atom. The van der Waals surface area contributed by atoms with E-state index in [1.165, 1.54) is 0 Å². The Kier molecular flexibility index (Phi) is 7.63. The summed E-state index contributed by atoms with van der Waals surface area (Å²) in [6.45, 7) is 0.620. The van der Waals surface area contributed by atoms with Crippen LogP contribution in [0.15, 0.2) is 66.9 Å². The molecule has 0 aliphatic rings. The molecule has 1 heterocycles. The molecule has 0 saturated heterocycles. The molecule has 6 nitrogen and oxygen atoms in total. The summed E-state index contributed by atoms with van der Waals surface area (Å²) >= 11 is 12.2. The minimum absolute atomic E-state index is 0.260. The number of rotatable bonds is 10. The Labute approximate surface area is 207 Å². The van der Waals surface area contributed by atoms with Crippen molar-refractivity contribution in [2.75, 3.05) is 7.11 Å². The molecule has 8 heteroatoms. The molecule has 0 unspecified atom stereocenters. The number of H-pyrrole nitrogens is 1. The molecule has 0 aliphatic heterocycles. The molecule has 4 rings (SSSR count). The summed E-state index contributed by atoms with van der Waals surface area (Å²) in [5, 5.41) is 15.0.